The SMILES string of the molecule is CCc1cccc(C)c1NC(=S)NNC(=O)c1cc(Cl)c(OC)c(OC)c1. The number of anilines is 1. The monoisotopic (exact) mass is 407 g/mol. The third-order valence-corrected chi connectivity index (χ3v) is 4.45. The molecular weight excluding hydrogens is 386 g/mol. The first-order valence-corrected chi connectivity index (χ1v) is 9.07. The van der Waals surface area contributed by atoms with Gasteiger partial charge in [-0.3, -0.25) is 15.6 Å². The van der Waals surface area contributed by atoms with E-state index in [0.717, 1.165) is 23.2 Å². The second-order valence-corrected chi connectivity index (χ2v) is 6.50. The Morgan fingerprint density at radius 1 is 1.19 bits per heavy atom. The standard InChI is InChI=1S/C19H22ClN3O3S/c1-5-12-8-6-7-11(2)16(12)21-19(27)23-22-18(24)13-9-14(20)17(26-4)15(10-13)25-3/h6-10H,5H2,1-4H3,(H,22,24)(H2,21,23,27). The molecule has 0 aliphatic carbocycles. The second-order valence-electron chi connectivity index (χ2n) is 5.69. The Balaban J connectivity index is 2.06. The van der Waals surface area contributed by atoms with Gasteiger partial charge in [0.05, 0.1) is 19.2 Å². The summed E-state index contributed by atoms with van der Waals surface area (Å²) in [5.74, 6) is 0.318. The lowest BCUT2D eigenvalue weighted by Gasteiger charge is -2.16. The van der Waals surface area contributed by atoms with Crippen molar-refractivity contribution in [3.63, 3.8) is 0 Å². The quantitative estimate of drug-likeness (QED) is 0.516. The molecule has 8 heteroatoms. The van der Waals surface area contributed by atoms with Crippen molar-refractivity contribution in [1.29, 1.82) is 0 Å². The molecule has 27 heavy (non-hydrogen) atoms. The fourth-order valence-corrected chi connectivity index (χ4v) is 3.02. The van der Waals surface area contributed by atoms with Crippen LogP contribution in [0.2, 0.25) is 5.02 Å². The zero-order chi connectivity index (χ0) is 20.0. The average Bonchev–Trinajstić information content (AvgIpc) is 2.66. The number of amides is 1. The molecule has 0 fully saturated rings. The molecule has 0 aliphatic heterocycles. The summed E-state index contributed by atoms with van der Waals surface area (Å²) < 4.78 is 10.4. The zero-order valence-electron chi connectivity index (χ0n) is 15.6. The van der Waals surface area contributed by atoms with Crippen molar-refractivity contribution in [2.24, 2.45) is 0 Å². The molecule has 0 spiro atoms. The number of para-hydroxylation sites is 1. The van der Waals surface area contributed by atoms with Crippen molar-refractivity contribution in [1.82, 2.24) is 10.9 Å². The summed E-state index contributed by atoms with van der Waals surface area (Å²) in [7, 11) is 2.95. The van der Waals surface area contributed by atoms with Crippen molar-refractivity contribution >= 4 is 40.5 Å². The van der Waals surface area contributed by atoms with Crippen LogP contribution in [0.1, 0.15) is 28.4 Å². The molecule has 0 saturated heterocycles. The summed E-state index contributed by atoms with van der Waals surface area (Å²) in [5.41, 5.74) is 8.68. The third kappa shape index (κ3) is 5.02. The number of carbonyl (C=O) groups excluding carboxylic acids is 1. The maximum Gasteiger partial charge on any atom is 0.269 e. The van der Waals surface area contributed by atoms with Gasteiger partial charge in [0.1, 0.15) is 0 Å². The fraction of sp³-hybridized carbons (Fsp3) is 0.263. The molecule has 1 amide bonds. The van der Waals surface area contributed by atoms with Gasteiger partial charge in [0.25, 0.3) is 5.91 Å². The van der Waals surface area contributed by atoms with Crippen LogP contribution in [0, 0.1) is 6.92 Å². The molecular formula is C19H22ClN3O3S. The van der Waals surface area contributed by atoms with Crippen LogP contribution in [0.25, 0.3) is 0 Å². The highest BCUT2D eigenvalue weighted by atomic mass is 35.5. The summed E-state index contributed by atoms with van der Waals surface area (Å²) in [4.78, 5) is 12.4. The van der Waals surface area contributed by atoms with E-state index in [0.29, 0.717) is 17.1 Å². The topological polar surface area (TPSA) is 71.6 Å². The fourth-order valence-electron chi connectivity index (χ4n) is 2.58. The molecule has 144 valence electrons. The number of nitrogens with one attached hydrogen (secondary N) is 3. The number of hydrogen-bond donors (Lipinski definition) is 3. The lowest BCUT2D eigenvalue weighted by atomic mass is 10.1. The molecule has 6 nitrogen and oxygen atoms in total. The lowest BCUT2D eigenvalue weighted by Crippen LogP contribution is -2.44. The lowest BCUT2D eigenvalue weighted by molar-refractivity contribution is 0.0944. The molecule has 0 aromatic heterocycles. The Labute approximate surface area is 169 Å². The van der Waals surface area contributed by atoms with Gasteiger partial charge < -0.3 is 14.8 Å². The molecule has 3 N–H and O–H groups in total. The van der Waals surface area contributed by atoms with Gasteiger partial charge in [0.2, 0.25) is 0 Å². The van der Waals surface area contributed by atoms with Crippen LogP contribution in [0.15, 0.2) is 30.3 Å². The number of carbonyl (C=O) groups is 1. The van der Waals surface area contributed by atoms with Gasteiger partial charge in [-0.25, -0.2) is 0 Å². The van der Waals surface area contributed by atoms with Gasteiger partial charge in [0, 0.05) is 11.3 Å². The van der Waals surface area contributed by atoms with E-state index < -0.39 is 5.91 Å². The molecule has 2 rings (SSSR count). The Kier molecular flexibility index (Phi) is 7.27. The van der Waals surface area contributed by atoms with E-state index in [-0.39, 0.29) is 10.1 Å². The van der Waals surface area contributed by atoms with Gasteiger partial charge in [-0.2, -0.15) is 0 Å². The molecule has 0 atom stereocenters. The molecule has 0 bridgehead atoms. The molecule has 0 unspecified atom stereocenters. The zero-order valence-corrected chi connectivity index (χ0v) is 17.2. The van der Waals surface area contributed by atoms with E-state index in [9.17, 15) is 4.79 Å². The predicted octanol–water partition coefficient (Wildman–Crippen LogP) is 3.86. The van der Waals surface area contributed by atoms with Crippen LogP contribution in [-0.2, 0) is 6.42 Å². The molecule has 2 aromatic carbocycles. The average molecular weight is 408 g/mol. The van der Waals surface area contributed by atoms with E-state index in [1.807, 2.05) is 25.1 Å². The molecule has 0 aliphatic rings. The van der Waals surface area contributed by atoms with Gasteiger partial charge >= 0.3 is 0 Å². The number of benzene rings is 2. The van der Waals surface area contributed by atoms with E-state index in [2.05, 4.69) is 23.1 Å². The van der Waals surface area contributed by atoms with E-state index in [1.165, 1.54) is 26.4 Å². The Bertz CT molecular complexity index is 858. The summed E-state index contributed by atoms with van der Waals surface area (Å²) in [6.07, 6.45) is 0.864. The minimum Gasteiger partial charge on any atom is -0.493 e. The number of thiocarbonyl (C=S) groups is 1. The van der Waals surface area contributed by atoms with Crippen LogP contribution in [0.4, 0.5) is 5.69 Å². The normalized spacial score (nSPS) is 10.1. The van der Waals surface area contributed by atoms with Gasteiger partial charge in [-0.05, 0) is 48.8 Å². The van der Waals surface area contributed by atoms with Gasteiger partial charge in [0.15, 0.2) is 16.6 Å². The van der Waals surface area contributed by atoms with Crippen molar-refractivity contribution in [2.45, 2.75) is 20.3 Å². The molecule has 2 aromatic rings. The summed E-state index contributed by atoms with van der Waals surface area (Å²) in [6.45, 7) is 4.06. The number of ether oxygens (including phenoxy) is 2. The van der Waals surface area contributed by atoms with Crippen LogP contribution in [0.3, 0.4) is 0 Å². The van der Waals surface area contributed by atoms with Crippen molar-refractivity contribution in [3.8, 4) is 11.5 Å². The number of hydrazine groups is 1. The Morgan fingerprint density at radius 3 is 2.56 bits per heavy atom. The number of aryl methyl sites for hydroxylation is 2. The summed E-state index contributed by atoms with van der Waals surface area (Å²) in [6, 6.07) is 9.05. The Morgan fingerprint density at radius 2 is 1.93 bits per heavy atom. The summed E-state index contributed by atoms with van der Waals surface area (Å²) >= 11 is 11.4. The van der Waals surface area contributed by atoms with E-state index in [1.54, 1.807) is 0 Å². The van der Waals surface area contributed by atoms with Crippen LogP contribution < -0.4 is 25.6 Å². The number of methoxy groups -OCH3 is 2. The van der Waals surface area contributed by atoms with Crippen LogP contribution in [0.5, 0.6) is 11.5 Å². The summed E-state index contributed by atoms with van der Waals surface area (Å²) in [5, 5.41) is 3.67. The van der Waals surface area contributed by atoms with Crippen LogP contribution >= 0.6 is 23.8 Å². The van der Waals surface area contributed by atoms with Crippen molar-refractivity contribution < 1.29 is 14.3 Å². The maximum atomic E-state index is 12.4. The van der Waals surface area contributed by atoms with E-state index in [4.69, 9.17) is 33.3 Å². The highest BCUT2D eigenvalue weighted by Crippen LogP contribution is 2.35. The minimum atomic E-state index is -0.414. The number of halogens is 1. The van der Waals surface area contributed by atoms with Gasteiger partial charge in [-0.1, -0.05) is 36.7 Å². The predicted molar refractivity (Wildman–Crippen MR) is 112 cm³/mol. The van der Waals surface area contributed by atoms with E-state index >= 15 is 0 Å². The Hall–Kier alpha value is -2.51. The van der Waals surface area contributed by atoms with Crippen molar-refractivity contribution in [3.05, 3.63) is 52.0 Å². The smallest absolute Gasteiger partial charge is 0.269 e. The van der Waals surface area contributed by atoms with Crippen molar-refractivity contribution in [2.75, 3.05) is 19.5 Å². The first-order valence-electron chi connectivity index (χ1n) is 8.28. The highest BCUT2D eigenvalue weighted by molar-refractivity contribution is 7.80. The largest absolute Gasteiger partial charge is 0.493 e. The first kappa shape index (κ1) is 20.8. The second kappa shape index (κ2) is 9.43. The highest BCUT2D eigenvalue weighted by Gasteiger charge is 2.15. The minimum absolute atomic E-state index is 0.273. The van der Waals surface area contributed by atoms with Gasteiger partial charge in [-0.15, -0.1) is 0 Å². The number of rotatable bonds is 5. The molecule has 0 radical (unpaired) electrons. The molecule has 0 saturated carbocycles. The molecule has 0 heterocycles. The maximum absolute atomic E-state index is 12.4. The third-order valence-electron chi connectivity index (χ3n) is 3.96. The first-order chi connectivity index (χ1) is 12.9. The number of hydrogen-bond acceptors (Lipinski definition) is 4. The van der Waals surface area contributed by atoms with Crippen LogP contribution in [-0.4, -0.2) is 25.2 Å².